The van der Waals surface area contributed by atoms with Crippen LogP contribution in [0.15, 0.2) is 48.5 Å². The largest absolute Gasteiger partial charge is 0.497 e. The summed E-state index contributed by atoms with van der Waals surface area (Å²) < 4.78 is 5.36. The molecule has 0 aliphatic heterocycles. The van der Waals surface area contributed by atoms with Crippen LogP contribution in [0.2, 0.25) is 0 Å². The molecule has 0 fully saturated rings. The van der Waals surface area contributed by atoms with Crippen molar-refractivity contribution in [1.29, 1.82) is 0 Å². The lowest BCUT2D eigenvalue weighted by molar-refractivity contribution is 0.413. The highest BCUT2D eigenvalue weighted by atomic mass is 35.5. The quantitative estimate of drug-likeness (QED) is 0.912. The van der Waals surface area contributed by atoms with E-state index < -0.39 is 0 Å². The summed E-state index contributed by atoms with van der Waals surface area (Å²) in [6, 6.07) is 17.8. The van der Waals surface area contributed by atoms with Gasteiger partial charge in [0.05, 0.1) is 7.11 Å². The number of fused-ring (bicyclic) bond motifs is 1. The third-order valence-electron chi connectivity index (χ3n) is 4.34. The maximum absolute atomic E-state index is 5.36. The van der Waals surface area contributed by atoms with Gasteiger partial charge in [0.2, 0.25) is 0 Å². The van der Waals surface area contributed by atoms with Crippen molar-refractivity contribution in [3.05, 3.63) is 65.2 Å². The van der Waals surface area contributed by atoms with Crippen molar-refractivity contribution in [3.63, 3.8) is 0 Å². The molecule has 0 saturated carbocycles. The van der Waals surface area contributed by atoms with E-state index in [4.69, 9.17) is 4.74 Å². The summed E-state index contributed by atoms with van der Waals surface area (Å²) in [6.45, 7) is 0. The van der Waals surface area contributed by atoms with Crippen LogP contribution in [0.1, 0.15) is 41.5 Å². The lowest BCUT2D eigenvalue weighted by Gasteiger charge is -2.32. The van der Waals surface area contributed by atoms with E-state index in [1.165, 1.54) is 29.5 Å². The van der Waals surface area contributed by atoms with Crippen LogP contribution in [0.5, 0.6) is 5.75 Å². The Balaban J connectivity index is 0.00000161. The molecule has 2 aromatic carbocycles. The summed E-state index contributed by atoms with van der Waals surface area (Å²) in [7, 11) is 3.78. The van der Waals surface area contributed by atoms with Gasteiger partial charge in [-0.3, -0.25) is 0 Å². The van der Waals surface area contributed by atoms with Crippen LogP contribution >= 0.6 is 12.4 Å². The molecule has 1 aliphatic carbocycles. The van der Waals surface area contributed by atoms with Gasteiger partial charge in [0.25, 0.3) is 0 Å². The van der Waals surface area contributed by atoms with Gasteiger partial charge in [-0.15, -0.1) is 12.4 Å². The molecular weight excluding hydrogens is 282 g/mol. The minimum atomic E-state index is 0. The Morgan fingerprint density at radius 1 is 1.00 bits per heavy atom. The van der Waals surface area contributed by atoms with Crippen LogP contribution in [-0.4, -0.2) is 14.2 Å². The Morgan fingerprint density at radius 2 is 1.76 bits per heavy atom. The molecule has 112 valence electrons. The molecule has 0 aromatic heterocycles. The molecule has 1 unspecified atom stereocenters. The van der Waals surface area contributed by atoms with Gasteiger partial charge < -0.3 is 10.1 Å². The second-order valence-corrected chi connectivity index (χ2v) is 5.38. The molecule has 21 heavy (non-hydrogen) atoms. The number of hydrogen-bond acceptors (Lipinski definition) is 2. The molecule has 1 N–H and O–H groups in total. The Kier molecular flexibility index (Phi) is 5.27. The normalized spacial score (nSPS) is 20.3. The highest BCUT2D eigenvalue weighted by Crippen LogP contribution is 2.41. The first-order chi connectivity index (χ1) is 9.83. The van der Waals surface area contributed by atoms with E-state index in [9.17, 15) is 0 Å². The van der Waals surface area contributed by atoms with Crippen LogP contribution in [0.3, 0.4) is 0 Å². The van der Waals surface area contributed by atoms with Crippen LogP contribution in [0.4, 0.5) is 0 Å². The number of benzene rings is 2. The second-order valence-electron chi connectivity index (χ2n) is 5.38. The van der Waals surface area contributed by atoms with Gasteiger partial charge in [0.1, 0.15) is 5.75 Å². The monoisotopic (exact) mass is 303 g/mol. The molecule has 2 aromatic rings. The first-order valence-corrected chi connectivity index (χ1v) is 7.23. The topological polar surface area (TPSA) is 21.3 Å². The standard InChI is InChI=1S/C18H21NO.ClH/c1-19-18-11-10-15(16-8-3-4-9-17(16)18)13-6-5-7-14(12-13)20-2;/h3-9,12,15,18-19H,10-11H2,1-2H3;1H/t15?,18-;/m1./s1. The average Bonchev–Trinajstić information content (AvgIpc) is 2.54. The maximum atomic E-state index is 5.36. The number of methoxy groups -OCH3 is 1. The molecule has 2 atom stereocenters. The van der Waals surface area contributed by atoms with E-state index in [0.717, 1.165) is 5.75 Å². The Labute approximate surface area is 132 Å². The van der Waals surface area contributed by atoms with E-state index in [0.29, 0.717) is 12.0 Å². The van der Waals surface area contributed by atoms with Gasteiger partial charge in [0, 0.05) is 12.0 Å². The third kappa shape index (κ3) is 3.07. The first-order valence-electron chi connectivity index (χ1n) is 7.23. The zero-order valence-corrected chi connectivity index (χ0v) is 13.3. The lowest BCUT2D eigenvalue weighted by atomic mass is 9.77. The van der Waals surface area contributed by atoms with Crippen molar-refractivity contribution in [2.45, 2.75) is 24.8 Å². The van der Waals surface area contributed by atoms with E-state index in [2.05, 4.69) is 47.8 Å². The van der Waals surface area contributed by atoms with E-state index in [-0.39, 0.29) is 12.4 Å². The fraction of sp³-hybridized carbons (Fsp3) is 0.333. The number of nitrogens with one attached hydrogen (secondary N) is 1. The Morgan fingerprint density at radius 3 is 2.48 bits per heavy atom. The van der Waals surface area contributed by atoms with E-state index >= 15 is 0 Å². The van der Waals surface area contributed by atoms with Gasteiger partial charge in [-0.1, -0.05) is 36.4 Å². The predicted molar refractivity (Wildman–Crippen MR) is 89.6 cm³/mol. The summed E-state index contributed by atoms with van der Waals surface area (Å²) in [4.78, 5) is 0. The molecule has 0 radical (unpaired) electrons. The number of hydrogen-bond donors (Lipinski definition) is 1. The molecule has 0 saturated heterocycles. The van der Waals surface area contributed by atoms with Crippen molar-refractivity contribution in [1.82, 2.24) is 5.32 Å². The average molecular weight is 304 g/mol. The lowest BCUT2D eigenvalue weighted by Crippen LogP contribution is -2.24. The smallest absolute Gasteiger partial charge is 0.119 e. The number of halogens is 1. The summed E-state index contributed by atoms with van der Waals surface area (Å²) in [5, 5.41) is 3.43. The molecule has 0 heterocycles. The van der Waals surface area contributed by atoms with Crippen LogP contribution in [0.25, 0.3) is 0 Å². The minimum Gasteiger partial charge on any atom is -0.497 e. The van der Waals surface area contributed by atoms with Crippen molar-refractivity contribution in [2.24, 2.45) is 0 Å². The van der Waals surface area contributed by atoms with Crippen LogP contribution in [-0.2, 0) is 0 Å². The second kappa shape index (κ2) is 6.97. The summed E-state index contributed by atoms with van der Waals surface area (Å²) in [5.74, 6) is 1.42. The van der Waals surface area contributed by atoms with Crippen LogP contribution < -0.4 is 10.1 Å². The molecule has 0 bridgehead atoms. The predicted octanol–water partition coefficient (Wildman–Crippen LogP) is 4.30. The molecule has 0 spiro atoms. The van der Waals surface area contributed by atoms with Gasteiger partial charge in [0.15, 0.2) is 0 Å². The minimum absolute atomic E-state index is 0. The Hall–Kier alpha value is -1.51. The highest BCUT2D eigenvalue weighted by molar-refractivity contribution is 5.85. The van der Waals surface area contributed by atoms with Gasteiger partial charge in [-0.2, -0.15) is 0 Å². The number of ether oxygens (including phenoxy) is 1. The third-order valence-corrected chi connectivity index (χ3v) is 4.34. The zero-order valence-electron chi connectivity index (χ0n) is 12.5. The summed E-state index contributed by atoms with van der Waals surface area (Å²) in [5.41, 5.74) is 4.24. The van der Waals surface area contributed by atoms with Crippen molar-refractivity contribution >= 4 is 12.4 Å². The fourth-order valence-corrected chi connectivity index (χ4v) is 3.29. The summed E-state index contributed by atoms with van der Waals surface area (Å²) >= 11 is 0. The fourth-order valence-electron chi connectivity index (χ4n) is 3.29. The molecule has 0 amide bonds. The molecule has 3 rings (SSSR count). The van der Waals surface area contributed by atoms with Crippen LogP contribution in [0, 0.1) is 0 Å². The maximum Gasteiger partial charge on any atom is 0.119 e. The molecule has 2 nitrogen and oxygen atoms in total. The van der Waals surface area contributed by atoms with Gasteiger partial charge in [-0.25, -0.2) is 0 Å². The SMILES string of the molecule is CN[C@@H]1CCC(c2cccc(OC)c2)c2ccccc21.Cl. The molecular formula is C18H22ClNO. The van der Waals surface area contributed by atoms with E-state index in [1.807, 2.05) is 13.1 Å². The van der Waals surface area contributed by atoms with E-state index in [1.54, 1.807) is 7.11 Å². The highest BCUT2D eigenvalue weighted by Gasteiger charge is 2.27. The molecule has 1 aliphatic rings. The summed E-state index contributed by atoms with van der Waals surface area (Å²) in [6.07, 6.45) is 2.35. The van der Waals surface area contributed by atoms with Gasteiger partial charge >= 0.3 is 0 Å². The first kappa shape index (κ1) is 15.9. The van der Waals surface area contributed by atoms with Gasteiger partial charge in [-0.05, 0) is 48.7 Å². The molecule has 3 heteroatoms. The Bertz CT molecular complexity index is 599. The van der Waals surface area contributed by atoms with Crippen molar-refractivity contribution in [2.75, 3.05) is 14.2 Å². The zero-order chi connectivity index (χ0) is 13.9. The van der Waals surface area contributed by atoms with Crippen molar-refractivity contribution in [3.8, 4) is 5.75 Å². The van der Waals surface area contributed by atoms with Crippen molar-refractivity contribution < 1.29 is 4.74 Å². The number of rotatable bonds is 3.